The van der Waals surface area contributed by atoms with Crippen molar-refractivity contribution in [1.29, 1.82) is 0 Å². The molecule has 6 heteroatoms. The molecule has 144 valence electrons. The van der Waals surface area contributed by atoms with E-state index in [-0.39, 0.29) is 5.56 Å². The molecule has 2 aromatic rings. The molecule has 0 spiro atoms. The van der Waals surface area contributed by atoms with Gasteiger partial charge in [-0.15, -0.1) is 0 Å². The molecule has 1 N–H and O–H groups in total. The van der Waals surface area contributed by atoms with Gasteiger partial charge in [-0.2, -0.15) is 0 Å². The molecule has 0 aliphatic carbocycles. The van der Waals surface area contributed by atoms with E-state index in [1.807, 2.05) is 13.8 Å². The molecule has 1 aromatic carbocycles. The molecule has 26 heavy (non-hydrogen) atoms. The van der Waals surface area contributed by atoms with Gasteiger partial charge in [0, 0.05) is 12.6 Å². The highest BCUT2D eigenvalue weighted by molar-refractivity contribution is 7.71. The van der Waals surface area contributed by atoms with Gasteiger partial charge in [0.15, 0.2) is 16.3 Å². The van der Waals surface area contributed by atoms with Crippen molar-refractivity contribution >= 4 is 23.1 Å². The van der Waals surface area contributed by atoms with E-state index in [0.29, 0.717) is 52.8 Å². The molecule has 0 unspecified atom stereocenters. The fourth-order valence-electron chi connectivity index (χ4n) is 3.14. The number of H-pyrrole nitrogens is 1. The van der Waals surface area contributed by atoms with Gasteiger partial charge in [-0.05, 0) is 44.5 Å². The predicted molar refractivity (Wildman–Crippen MR) is 109 cm³/mol. The highest BCUT2D eigenvalue weighted by atomic mass is 32.1. The average molecular weight is 379 g/mol. The number of hydrogen-bond donors (Lipinski definition) is 1. The molecular weight excluding hydrogens is 348 g/mol. The fraction of sp³-hybridized carbons (Fsp3) is 0.600. The molecule has 0 amide bonds. The molecule has 0 bridgehead atoms. The average Bonchev–Trinajstić information content (AvgIpc) is 2.62. The molecule has 0 aliphatic heterocycles. The lowest BCUT2D eigenvalue weighted by Gasteiger charge is -2.17. The second-order valence-corrected chi connectivity index (χ2v) is 6.86. The van der Waals surface area contributed by atoms with Crippen molar-refractivity contribution in [2.75, 3.05) is 13.2 Å². The second-order valence-electron chi connectivity index (χ2n) is 6.47. The largest absolute Gasteiger partial charge is 0.490 e. The number of ether oxygens (including phenoxy) is 2. The van der Waals surface area contributed by atoms with Gasteiger partial charge in [-0.1, -0.05) is 33.1 Å². The molecule has 1 aromatic heterocycles. The number of aromatic nitrogens is 2. The minimum atomic E-state index is -0.0669. The van der Waals surface area contributed by atoms with Crippen LogP contribution in [0.4, 0.5) is 0 Å². The van der Waals surface area contributed by atoms with E-state index >= 15 is 0 Å². The molecule has 0 fully saturated rings. The Morgan fingerprint density at radius 2 is 1.77 bits per heavy atom. The fourth-order valence-corrected chi connectivity index (χ4v) is 3.41. The monoisotopic (exact) mass is 378 g/mol. The zero-order valence-electron chi connectivity index (χ0n) is 16.3. The maximum absolute atomic E-state index is 13.1. The van der Waals surface area contributed by atoms with Crippen LogP contribution in [0.2, 0.25) is 0 Å². The summed E-state index contributed by atoms with van der Waals surface area (Å²) >= 11 is 5.47. The molecule has 0 radical (unpaired) electrons. The van der Waals surface area contributed by atoms with Crippen LogP contribution >= 0.6 is 12.2 Å². The summed E-state index contributed by atoms with van der Waals surface area (Å²) in [6.07, 6.45) is 4.48. The van der Waals surface area contributed by atoms with Crippen LogP contribution < -0.4 is 15.0 Å². The van der Waals surface area contributed by atoms with Gasteiger partial charge >= 0.3 is 0 Å². The molecule has 1 atom stereocenters. The zero-order chi connectivity index (χ0) is 19.1. The van der Waals surface area contributed by atoms with Crippen LogP contribution in [0, 0.1) is 10.7 Å². The van der Waals surface area contributed by atoms with E-state index in [4.69, 9.17) is 21.7 Å². The summed E-state index contributed by atoms with van der Waals surface area (Å²) in [5.41, 5.74) is 0.618. The third kappa shape index (κ3) is 4.67. The van der Waals surface area contributed by atoms with E-state index in [1.54, 1.807) is 16.7 Å². The van der Waals surface area contributed by atoms with Gasteiger partial charge in [0.2, 0.25) is 0 Å². The van der Waals surface area contributed by atoms with Gasteiger partial charge in [-0.25, -0.2) is 0 Å². The standard InChI is InChI=1S/C20H30N2O3S/c1-5-9-10-14(6-2)13-22-19(23)15-11-17(24-7-3)18(25-8-4)12-16(15)21-20(22)26/h11-12,14H,5-10,13H2,1-4H3,(H,21,26)/t14-/m1/s1. The Morgan fingerprint density at radius 3 is 2.35 bits per heavy atom. The lowest BCUT2D eigenvalue weighted by molar-refractivity contribution is 0.288. The maximum Gasteiger partial charge on any atom is 0.262 e. The topological polar surface area (TPSA) is 56.2 Å². The lowest BCUT2D eigenvalue weighted by Crippen LogP contribution is -2.26. The Morgan fingerprint density at radius 1 is 1.12 bits per heavy atom. The Labute approximate surface area is 160 Å². The van der Waals surface area contributed by atoms with Crippen molar-refractivity contribution in [2.45, 2.75) is 59.9 Å². The quantitative estimate of drug-likeness (QED) is 0.586. The normalized spacial score (nSPS) is 12.3. The number of aromatic amines is 1. The second kappa shape index (κ2) is 9.76. The summed E-state index contributed by atoms with van der Waals surface area (Å²) in [7, 11) is 0. The minimum absolute atomic E-state index is 0.0669. The summed E-state index contributed by atoms with van der Waals surface area (Å²) in [6.45, 7) is 9.87. The van der Waals surface area contributed by atoms with Crippen molar-refractivity contribution < 1.29 is 9.47 Å². The summed E-state index contributed by atoms with van der Waals surface area (Å²) in [4.78, 5) is 16.3. The van der Waals surface area contributed by atoms with Gasteiger partial charge in [-0.3, -0.25) is 9.36 Å². The van der Waals surface area contributed by atoms with Gasteiger partial charge in [0.25, 0.3) is 5.56 Å². The third-order valence-corrected chi connectivity index (χ3v) is 4.95. The SMILES string of the molecule is CCCC[C@@H](CC)Cn1c(=S)[nH]c2cc(OCC)c(OCC)cc2c1=O. The van der Waals surface area contributed by atoms with Crippen molar-refractivity contribution in [3.05, 3.63) is 27.3 Å². The first-order chi connectivity index (χ1) is 12.5. The molecule has 0 aliphatic rings. The zero-order valence-corrected chi connectivity index (χ0v) is 17.1. The van der Waals surface area contributed by atoms with Crippen molar-refractivity contribution in [1.82, 2.24) is 9.55 Å². The highest BCUT2D eigenvalue weighted by Crippen LogP contribution is 2.31. The maximum atomic E-state index is 13.1. The summed E-state index contributed by atoms with van der Waals surface area (Å²) in [6, 6.07) is 3.57. The van der Waals surface area contributed by atoms with Crippen molar-refractivity contribution in [2.24, 2.45) is 5.92 Å². The van der Waals surface area contributed by atoms with Crippen LogP contribution in [0.15, 0.2) is 16.9 Å². The number of unbranched alkanes of at least 4 members (excludes halogenated alkanes) is 1. The first-order valence-electron chi connectivity index (χ1n) is 9.62. The Kier molecular flexibility index (Phi) is 7.69. The van der Waals surface area contributed by atoms with Crippen LogP contribution in [0.1, 0.15) is 53.4 Å². The van der Waals surface area contributed by atoms with Gasteiger partial charge < -0.3 is 14.5 Å². The van der Waals surface area contributed by atoms with E-state index < -0.39 is 0 Å². The lowest BCUT2D eigenvalue weighted by atomic mass is 9.99. The molecule has 2 rings (SSSR count). The van der Waals surface area contributed by atoms with Gasteiger partial charge in [0.05, 0.1) is 24.1 Å². The number of rotatable bonds is 10. The Hall–Kier alpha value is -1.82. The molecule has 0 saturated heterocycles. The van der Waals surface area contributed by atoms with Crippen LogP contribution in [0.25, 0.3) is 10.9 Å². The number of hydrogen-bond acceptors (Lipinski definition) is 4. The molecule has 5 nitrogen and oxygen atoms in total. The van der Waals surface area contributed by atoms with E-state index in [2.05, 4.69) is 18.8 Å². The van der Waals surface area contributed by atoms with Crippen LogP contribution in [-0.2, 0) is 6.54 Å². The smallest absolute Gasteiger partial charge is 0.262 e. The molecule has 1 heterocycles. The van der Waals surface area contributed by atoms with E-state index in [9.17, 15) is 4.79 Å². The van der Waals surface area contributed by atoms with E-state index in [1.165, 1.54) is 6.42 Å². The van der Waals surface area contributed by atoms with Crippen LogP contribution in [0.5, 0.6) is 11.5 Å². The first-order valence-corrected chi connectivity index (χ1v) is 10.0. The summed E-state index contributed by atoms with van der Waals surface area (Å²) in [5.74, 6) is 1.67. The predicted octanol–water partition coefficient (Wildman–Crippen LogP) is 5.07. The minimum Gasteiger partial charge on any atom is -0.490 e. The first kappa shape index (κ1) is 20.5. The van der Waals surface area contributed by atoms with E-state index in [0.717, 1.165) is 19.3 Å². The number of nitrogens with one attached hydrogen (secondary N) is 1. The van der Waals surface area contributed by atoms with Crippen LogP contribution in [-0.4, -0.2) is 22.8 Å². The Bertz CT molecular complexity index is 841. The van der Waals surface area contributed by atoms with Crippen LogP contribution in [0.3, 0.4) is 0 Å². The van der Waals surface area contributed by atoms with Crippen molar-refractivity contribution in [3.8, 4) is 11.5 Å². The Balaban J connectivity index is 2.52. The number of fused-ring (bicyclic) bond motifs is 1. The molecule has 0 saturated carbocycles. The number of nitrogens with zero attached hydrogens (tertiary/aromatic N) is 1. The molecular formula is C20H30N2O3S. The van der Waals surface area contributed by atoms with Crippen molar-refractivity contribution in [3.63, 3.8) is 0 Å². The summed E-state index contributed by atoms with van der Waals surface area (Å²) < 4.78 is 13.5. The van der Waals surface area contributed by atoms with Gasteiger partial charge in [0.1, 0.15) is 0 Å². The number of benzene rings is 1. The summed E-state index contributed by atoms with van der Waals surface area (Å²) in [5, 5.41) is 0.579. The third-order valence-electron chi connectivity index (χ3n) is 4.63. The highest BCUT2D eigenvalue weighted by Gasteiger charge is 2.15.